The average molecular weight is 947 g/mol. The number of aliphatic hydroxyl groups excluding tert-OH is 3. The number of carbonyl (C=O) groups is 3. The maximum atomic E-state index is 15.9. The van der Waals surface area contributed by atoms with Gasteiger partial charge in [-0.25, -0.2) is 4.79 Å². The van der Waals surface area contributed by atoms with Gasteiger partial charge in [0.15, 0.2) is 17.5 Å². The van der Waals surface area contributed by atoms with Gasteiger partial charge in [0, 0.05) is 53.4 Å². The molecule has 13 heteroatoms. The Labute approximate surface area is 404 Å². The van der Waals surface area contributed by atoms with Crippen LogP contribution in [0.3, 0.4) is 0 Å². The highest BCUT2D eigenvalue weighted by molar-refractivity contribution is 5.92. The van der Waals surface area contributed by atoms with Crippen LogP contribution >= 0.6 is 0 Å². The van der Waals surface area contributed by atoms with Crippen LogP contribution in [0, 0.1) is 81.3 Å². The normalized spacial score (nSPS) is 47.2. The van der Waals surface area contributed by atoms with Crippen LogP contribution in [0.5, 0.6) is 0 Å². The first kappa shape index (κ1) is 45.3. The van der Waals surface area contributed by atoms with Crippen molar-refractivity contribution in [2.24, 2.45) is 69.5 Å². The number of epoxide rings is 1. The molecule has 5 saturated heterocycles. The summed E-state index contributed by atoms with van der Waals surface area (Å²) in [5.41, 5.74) is -4.18. The van der Waals surface area contributed by atoms with Crippen LogP contribution in [-0.4, -0.2) is 101 Å². The molecule has 370 valence electrons. The topological polar surface area (TPSA) is 189 Å². The van der Waals surface area contributed by atoms with Crippen LogP contribution in [0.4, 0.5) is 0 Å². The molecule has 0 amide bonds. The first-order valence-corrected chi connectivity index (χ1v) is 26.6. The predicted octanol–water partition coefficient (Wildman–Crippen LogP) is 4.93. The van der Waals surface area contributed by atoms with E-state index in [1.807, 2.05) is 26.2 Å². The van der Waals surface area contributed by atoms with E-state index in [0.29, 0.717) is 56.2 Å². The van der Waals surface area contributed by atoms with E-state index >= 15 is 9.59 Å². The molecular formula is C56H70N2O11. The number of ether oxygens (including phenoxy) is 4. The van der Waals surface area contributed by atoms with Crippen molar-refractivity contribution in [1.29, 1.82) is 0 Å². The lowest BCUT2D eigenvalue weighted by atomic mass is 9.30. The number of esters is 2. The van der Waals surface area contributed by atoms with Crippen molar-refractivity contribution >= 4 is 17.7 Å². The maximum absolute atomic E-state index is 15.9. The summed E-state index contributed by atoms with van der Waals surface area (Å²) in [5, 5.41) is 43.2. The summed E-state index contributed by atoms with van der Waals surface area (Å²) in [6.45, 7) is 7.41. The molecule has 0 radical (unpaired) electrons. The summed E-state index contributed by atoms with van der Waals surface area (Å²) < 4.78 is 34.3. The molecule has 4 bridgehead atoms. The van der Waals surface area contributed by atoms with Gasteiger partial charge >= 0.3 is 11.9 Å². The second-order valence-electron chi connectivity index (χ2n) is 24.4. The van der Waals surface area contributed by atoms with Crippen molar-refractivity contribution in [2.45, 2.75) is 158 Å². The van der Waals surface area contributed by atoms with E-state index in [-0.39, 0.29) is 61.0 Å². The Morgan fingerprint density at radius 2 is 1.77 bits per heavy atom. The number of hydrogen-bond acceptors (Lipinski definition) is 13. The zero-order valence-electron chi connectivity index (χ0n) is 40.4. The number of cyclic esters (lactones) is 1. The van der Waals surface area contributed by atoms with Gasteiger partial charge in [0.05, 0.1) is 48.9 Å². The van der Waals surface area contributed by atoms with Gasteiger partial charge in [-0.1, -0.05) is 49.1 Å². The molecule has 5 N–H and O–H groups in total. The lowest BCUT2D eigenvalue weighted by molar-refractivity contribution is -0.301. The largest absolute Gasteiger partial charge is 0.469 e. The highest BCUT2D eigenvalue weighted by atomic mass is 16.7. The van der Waals surface area contributed by atoms with Crippen LogP contribution in [0.1, 0.15) is 114 Å². The van der Waals surface area contributed by atoms with Gasteiger partial charge in [-0.3, -0.25) is 9.59 Å². The molecule has 69 heavy (non-hydrogen) atoms. The summed E-state index contributed by atoms with van der Waals surface area (Å²) >= 11 is 0. The lowest BCUT2D eigenvalue weighted by Crippen LogP contribution is -2.81. The summed E-state index contributed by atoms with van der Waals surface area (Å²) in [7, 11) is 0. The van der Waals surface area contributed by atoms with Gasteiger partial charge in [-0.2, -0.15) is 0 Å². The first-order chi connectivity index (χ1) is 33.2. The molecule has 4 spiro atoms. The Morgan fingerprint density at radius 1 is 0.957 bits per heavy atom. The van der Waals surface area contributed by atoms with Crippen LogP contribution in [0.25, 0.3) is 0 Å². The first-order valence-electron chi connectivity index (χ1n) is 26.6. The Hall–Kier alpha value is -3.61. The van der Waals surface area contributed by atoms with E-state index < -0.39 is 81.2 Å². The molecule has 13 rings (SSSR count). The third kappa shape index (κ3) is 5.83. The number of nitrogens with one attached hydrogen (secondary N) is 2. The summed E-state index contributed by atoms with van der Waals surface area (Å²) in [5.74, 6) is 5.50. The number of hydrogen-bond donors (Lipinski definition) is 5. The van der Waals surface area contributed by atoms with E-state index in [1.54, 1.807) is 0 Å². The van der Waals surface area contributed by atoms with Crippen LogP contribution in [0.2, 0.25) is 0 Å². The van der Waals surface area contributed by atoms with Gasteiger partial charge < -0.3 is 49.3 Å². The van der Waals surface area contributed by atoms with E-state index in [4.69, 9.17) is 23.4 Å². The van der Waals surface area contributed by atoms with Gasteiger partial charge in [0.2, 0.25) is 0 Å². The molecule has 13 nitrogen and oxygen atoms in total. The van der Waals surface area contributed by atoms with Crippen molar-refractivity contribution in [1.82, 2.24) is 10.6 Å². The van der Waals surface area contributed by atoms with E-state index in [2.05, 4.69) is 53.7 Å². The molecular weight excluding hydrogens is 877 g/mol. The number of Topliss-reactive ketones (excluding diaryl/α,β-unsaturated/α-hetero) is 1. The molecule has 1 aromatic heterocycles. The fraction of sp³-hybridized carbons (Fsp3) is 0.732. The van der Waals surface area contributed by atoms with Crippen molar-refractivity contribution in [3.8, 4) is 11.8 Å². The predicted molar refractivity (Wildman–Crippen MR) is 248 cm³/mol. The Kier molecular flexibility index (Phi) is 10.3. The number of furan rings is 1. The molecule has 1 aromatic carbocycles. The SMILES string of the molecule is CC1(C)OC2CC(=O)OCC23C1C(=O)C(O)C12C4CC(Cc5ccccc5)CCC4C#CC4CCc5coc(CC(C(O)CO)C6CCC(C7CNCN7)CC6)c5C45OC(=O)C4OC41C5(C)CCC32. The minimum Gasteiger partial charge on any atom is -0.469 e. The van der Waals surface area contributed by atoms with Gasteiger partial charge in [-0.05, 0) is 138 Å². The quantitative estimate of drug-likeness (QED) is 0.136. The molecule has 6 heterocycles. The number of aryl methyl sites for hydroxylation is 1. The van der Waals surface area contributed by atoms with E-state index in [1.165, 1.54) is 5.56 Å². The van der Waals surface area contributed by atoms with Gasteiger partial charge in [0.25, 0.3) is 0 Å². The molecule has 9 fully saturated rings. The maximum Gasteiger partial charge on any atom is 0.339 e. The second kappa shape index (κ2) is 15.7. The second-order valence-corrected chi connectivity index (χ2v) is 24.4. The van der Waals surface area contributed by atoms with Crippen LogP contribution < -0.4 is 10.6 Å². The zero-order valence-corrected chi connectivity index (χ0v) is 40.4. The third-order valence-corrected chi connectivity index (χ3v) is 21.5. The van der Waals surface area contributed by atoms with Crippen LogP contribution in [-0.2, 0) is 58.2 Å². The fourth-order valence-corrected chi connectivity index (χ4v) is 19.0. The molecule has 11 aliphatic rings. The number of ketones is 1. The van der Waals surface area contributed by atoms with Crippen molar-refractivity contribution in [3.63, 3.8) is 0 Å². The summed E-state index contributed by atoms with van der Waals surface area (Å²) in [6, 6.07) is 10.9. The Morgan fingerprint density at radius 3 is 2.54 bits per heavy atom. The number of rotatable bonds is 8. The third-order valence-electron chi connectivity index (χ3n) is 21.5. The Balaban J connectivity index is 0.987. The van der Waals surface area contributed by atoms with E-state index in [9.17, 15) is 20.1 Å². The van der Waals surface area contributed by atoms with Gasteiger partial charge in [-0.15, -0.1) is 0 Å². The summed E-state index contributed by atoms with van der Waals surface area (Å²) in [4.78, 5) is 44.7. The standard InChI is InChI=1S/C56H70N2O11/c1-51(2)47-46(62)48(63)54-38-22-31(21-30-7-5-4-6-8-30)9-10-33(38)15-17-36-18-16-35-27-65-41(23-37(40(60)26-59)32-11-13-34(14-12-32)39-25-57-29-58-39)45(35)55(36)52(3,56(54)49(68-56)50(64)69-55)20-19-42(54)53(47)28-66-44(61)24-43(53)67-51/h4-8,27,31-34,36-40,42-43,47-49,57-60,63H,9-14,16,18-26,28-29H2,1-3H3. The smallest absolute Gasteiger partial charge is 0.339 e. The fourth-order valence-electron chi connectivity index (χ4n) is 19.0. The number of carbonyl (C=O) groups excluding carboxylic acids is 3. The highest BCUT2D eigenvalue weighted by Crippen LogP contribution is 2.85. The average Bonchev–Trinajstić information content (AvgIpc) is 3.57. The van der Waals surface area contributed by atoms with Crippen molar-refractivity contribution in [2.75, 3.05) is 26.4 Å². The molecule has 2 aromatic rings. The molecule has 17 atom stereocenters. The molecule has 4 saturated carbocycles. The van der Waals surface area contributed by atoms with Gasteiger partial charge in [0.1, 0.15) is 24.1 Å². The Bertz CT molecular complexity index is 2480. The van der Waals surface area contributed by atoms with Crippen molar-refractivity contribution < 1.29 is 53.1 Å². The zero-order chi connectivity index (χ0) is 47.5. The minimum atomic E-state index is -1.53. The van der Waals surface area contributed by atoms with Crippen molar-refractivity contribution in [3.05, 3.63) is 59.0 Å². The van der Waals surface area contributed by atoms with E-state index in [0.717, 1.165) is 69.3 Å². The minimum absolute atomic E-state index is 0.00194. The number of fused-ring (bicyclic) bond motifs is 2. The number of benzene rings is 1. The molecule has 6 aliphatic carbocycles. The highest BCUT2D eigenvalue weighted by Gasteiger charge is 2.95. The molecule has 17 unspecified atom stereocenters. The monoisotopic (exact) mass is 946 g/mol. The molecule has 5 aliphatic heterocycles. The lowest BCUT2D eigenvalue weighted by Gasteiger charge is -2.72. The summed E-state index contributed by atoms with van der Waals surface area (Å²) in [6.07, 6.45) is 7.33. The number of aliphatic hydroxyl groups is 3. The van der Waals surface area contributed by atoms with Crippen LogP contribution in [0.15, 0.2) is 41.0 Å².